The fourth-order valence-corrected chi connectivity index (χ4v) is 6.87. The van der Waals surface area contributed by atoms with Crippen LogP contribution in [0.15, 0.2) is 47.4 Å². The third-order valence-electron chi connectivity index (χ3n) is 8.45. The maximum atomic E-state index is 12.4. The Labute approximate surface area is 240 Å². The minimum Gasteiger partial charge on any atom is -0.353 e. The van der Waals surface area contributed by atoms with Crippen LogP contribution in [0.1, 0.15) is 79.4 Å². The Bertz CT molecular complexity index is 1270. The van der Waals surface area contributed by atoms with E-state index in [0.717, 1.165) is 69.3 Å². The number of benzene rings is 2. The summed E-state index contributed by atoms with van der Waals surface area (Å²) in [7, 11) is -3.60. The molecule has 0 radical (unpaired) electrons. The highest BCUT2D eigenvalue weighted by atomic mass is 32.2. The molecule has 0 atom stereocenters. The molecular weight excluding hydrogens is 522 g/mol. The van der Waals surface area contributed by atoms with Gasteiger partial charge in [0.05, 0.1) is 4.90 Å². The molecule has 1 fully saturated rings. The van der Waals surface area contributed by atoms with Crippen molar-refractivity contribution in [2.45, 2.75) is 83.1 Å². The van der Waals surface area contributed by atoms with Gasteiger partial charge in [0.25, 0.3) is 0 Å². The lowest BCUT2D eigenvalue weighted by atomic mass is 9.84. The van der Waals surface area contributed by atoms with Crippen LogP contribution in [0.25, 0.3) is 0 Å². The fourth-order valence-electron chi connectivity index (χ4n) is 5.84. The normalized spacial score (nSPS) is 20.1. The molecule has 1 aliphatic carbocycles. The van der Waals surface area contributed by atoms with Crippen LogP contribution in [0.2, 0.25) is 0 Å². The van der Waals surface area contributed by atoms with Gasteiger partial charge in [-0.2, -0.15) is 0 Å². The van der Waals surface area contributed by atoms with Crippen LogP contribution < -0.4 is 10.0 Å². The van der Waals surface area contributed by atoms with Crippen LogP contribution in [0.4, 0.5) is 0 Å². The van der Waals surface area contributed by atoms with Gasteiger partial charge in [-0.1, -0.05) is 43.7 Å². The van der Waals surface area contributed by atoms with Gasteiger partial charge in [-0.15, -0.1) is 0 Å². The van der Waals surface area contributed by atoms with Crippen LogP contribution >= 0.6 is 0 Å². The molecule has 1 aliphatic heterocycles. The van der Waals surface area contributed by atoms with Crippen LogP contribution in [0.3, 0.4) is 0 Å². The number of hydrogen-bond acceptors (Lipinski definition) is 5. The van der Waals surface area contributed by atoms with Gasteiger partial charge in [-0.05, 0) is 93.7 Å². The van der Waals surface area contributed by atoms with Gasteiger partial charge in [0, 0.05) is 43.6 Å². The maximum absolute atomic E-state index is 12.4. The minimum absolute atomic E-state index is 0.0222. The van der Waals surface area contributed by atoms with Crippen molar-refractivity contribution >= 4 is 21.7 Å². The zero-order valence-corrected chi connectivity index (χ0v) is 25.1. The first-order chi connectivity index (χ1) is 19.1. The number of rotatable bonds is 11. The van der Waals surface area contributed by atoms with E-state index in [1.165, 1.54) is 17.5 Å². The molecule has 0 bridgehead atoms. The van der Waals surface area contributed by atoms with Crippen molar-refractivity contribution in [2.24, 2.45) is 11.8 Å². The molecule has 7 nitrogen and oxygen atoms in total. The Balaban J connectivity index is 1.13. The first-order valence-corrected chi connectivity index (χ1v) is 16.3. The molecule has 8 heteroatoms. The summed E-state index contributed by atoms with van der Waals surface area (Å²) in [5.74, 6) is 0.820. The number of carbonyl (C=O) groups is 2. The van der Waals surface area contributed by atoms with E-state index >= 15 is 0 Å². The van der Waals surface area contributed by atoms with Crippen molar-refractivity contribution in [1.82, 2.24) is 14.9 Å². The first-order valence-electron chi connectivity index (χ1n) is 14.8. The number of amides is 1. The van der Waals surface area contributed by atoms with Crippen molar-refractivity contribution in [3.63, 3.8) is 0 Å². The zero-order chi connectivity index (χ0) is 28.7. The van der Waals surface area contributed by atoms with Gasteiger partial charge in [0.1, 0.15) is 0 Å². The summed E-state index contributed by atoms with van der Waals surface area (Å²) in [4.78, 5) is 27.6. The molecule has 2 N–H and O–H groups in total. The van der Waals surface area contributed by atoms with Crippen LogP contribution in [0, 0.1) is 18.8 Å². The van der Waals surface area contributed by atoms with Gasteiger partial charge in [0.15, 0.2) is 5.78 Å². The number of fused-ring (bicyclic) bond motifs is 1. The summed E-state index contributed by atoms with van der Waals surface area (Å²) in [5, 5.41) is 3.11. The Morgan fingerprint density at radius 3 is 2.30 bits per heavy atom. The molecule has 0 spiro atoms. The van der Waals surface area contributed by atoms with E-state index in [0.29, 0.717) is 5.92 Å². The number of nitrogens with zero attached hydrogens (tertiary/aromatic N) is 1. The Morgan fingerprint density at radius 2 is 1.62 bits per heavy atom. The highest BCUT2D eigenvalue weighted by Crippen LogP contribution is 2.28. The number of hydrogen-bond donors (Lipinski definition) is 2. The molecule has 1 heterocycles. The predicted octanol–water partition coefficient (Wildman–Crippen LogP) is 4.67. The molecule has 2 aliphatic rings. The lowest BCUT2D eigenvalue weighted by Gasteiger charge is -2.30. The smallest absolute Gasteiger partial charge is 0.240 e. The number of sulfonamides is 1. The largest absolute Gasteiger partial charge is 0.353 e. The monoisotopic (exact) mass is 567 g/mol. The quantitative estimate of drug-likeness (QED) is 0.385. The number of aryl methyl sites for hydroxylation is 1. The summed E-state index contributed by atoms with van der Waals surface area (Å²) in [6, 6.07) is 13.1. The summed E-state index contributed by atoms with van der Waals surface area (Å²) < 4.78 is 27.3. The lowest BCUT2D eigenvalue weighted by Crippen LogP contribution is -2.39. The molecule has 1 amide bonds. The van der Waals surface area contributed by atoms with E-state index in [-0.39, 0.29) is 41.5 Å². The number of Topliss-reactive ketones (excluding diaryl/α,β-unsaturated/α-hetero) is 1. The number of carbonyl (C=O) groups excluding carboxylic acids is 2. The maximum Gasteiger partial charge on any atom is 0.240 e. The Hall–Kier alpha value is -2.55. The van der Waals surface area contributed by atoms with E-state index in [4.69, 9.17) is 0 Å². The van der Waals surface area contributed by atoms with Crippen LogP contribution in [-0.2, 0) is 27.7 Å². The van der Waals surface area contributed by atoms with Gasteiger partial charge in [-0.25, -0.2) is 13.1 Å². The summed E-state index contributed by atoms with van der Waals surface area (Å²) in [5.41, 5.74) is 4.54. The van der Waals surface area contributed by atoms with Crippen molar-refractivity contribution in [3.05, 3.63) is 64.7 Å². The molecule has 40 heavy (non-hydrogen) atoms. The Kier molecular flexibility index (Phi) is 10.6. The van der Waals surface area contributed by atoms with Crippen molar-refractivity contribution in [2.75, 3.05) is 26.2 Å². The average Bonchev–Trinajstić information content (AvgIpc) is 3.14. The second-order valence-electron chi connectivity index (χ2n) is 11.9. The number of nitrogens with one attached hydrogen (secondary N) is 2. The summed E-state index contributed by atoms with van der Waals surface area (Å²) in [6.07, 6.45) is 7.51. The second kappa shape index (κ2) is 13.9. The van der Waals surface area contributed by atoms with Gasteiger partial charge >= 0.3 is 0 Å². The van der Waals surface area contributed by atoms with E-state index in [9.17, 15) is 18.0 Å². The standard InChI is InChI=1S/C32H45N3O4S/c1-23(2)32(37)28-9-8-26-16-20-35(21-17-27(26)22-28)19-15-25-6-10-29(11-7-25)34-31(36)14-18-33-40(38,39)30-12-4-24(3)5-13-30/h4-5,8-9,12-13,22-23,25,29,33H,6-7,10-11,14-21H2,1-3H3,(H,34,36). The Morgan fingerprint density at radius 1 is 0.950 bits per heavy atom. The third-order valence-corrected chi connectivity index (χ3v) is 9.93. The molecule has 2 aromatic carbocycles. The van der Waals surface area contributed by atoms with Crippen molar-refractivity contribution in [3.8, 4) is 0 Å². The molecule has 0 aromatic heterocycles. The molecule has 4 rings (SSSR count). The van der Waals surface area contributed by atoms with Crippen molar-refractivity contribution in [1.29, 1.82) is 0 Å². The van der Waals surface area contributed by atoms with Crippen LogP contribution in [0.5, 0.6) is 0 Å². The van der Waals surface area contributed by atoms with Crippen molar-refractivity contribution < 1.29 is 18.0 Å². The minimum atomic E-state index is -3.60. The van der Waals surface area contributed by atoms with E-state index in [1.807, 2.05) is 26.8 Å². The number of ketones is 1. The van der Waals surface area contributed by atoms with Gasteiger partial charge < -0.3 is 10.2 Å². The van der Waals surface area contributed by atoms with Crippen LogP contribution in [-0.4, -0.2) is 57.2 Å². The molecule has 1 saturated carbocycles. The molecular formula is C32H45N3O4S. The summed E-state index contributed by atoms with van der Waals surface area (Å²) in [6.45, 7) is 9.09. The van der Waals surface area contributed by atoms with Gasteiger partial charge in [0.2, 0.25) is 15.9 Å². The fraction of sp³-hybridized carbons (Fsp3) is 0.562. The second-order valence-corrected chi connectivity index (χ2v) is 13.6. The van der Waals surface area contributed by atoms with E-state index < -0.39 is 10.0 Å². The lowest BCUT2D eigenvalue weighted by molar-refractivity contribution is -0.121. The van der Waals surface area contributed by atoms with E-state index in [2.05, 4.69) is 27.1 Å². The first kappa shape index (κ1) is 30.4. The third kappa shape index (κ3) is 8.48. The van der Waals surface area contributed by atoms with E-state index in [1.54, 1.807) is 24.3 Å². The zero-order valence-electron chi connectivity index (χ0n) is 24.2. The SMILES string of the molecule is Cc1ccc(S(=O)(=O)NCCC(=O)NC2CCC(CCN3CCc4ccc(C(=O)C(C)C)cc4CC3)CC2)cc1. The van der Waals surface area contributed by atoms with Gasteiger partial charge in [-0.3, -0.25) is 9.59 Å². The topological polar surface area (TPSA) is 95.6 Å². The molecule has 218 valence electrons. The summed E-state index contributed by atoms with van der Waals surface area (Å²) >= 11 is 0. The molecule has 2 aromatic rings. The highest BCUT2D eigenvalue weighted by Gasteiger charge is 2.24. The molecule has 0 unspecified atom stereocenters. The molecule has 0 saturated heterocycles. The highest BCUT2D eigenvalue weighted by molar-refractivity contribution is 7.89. The predicted molar refractivity (Wildman–Crippen MR) is 159 cm³/mol. The average molecular weight is 568 g/mol.